The Balaban J connectivity index is 0.567. The summed E-state index contributed by atoms with van der Waals surface area (Å²) in [5.41, 5.74) is 35.7. The van der Waals surface area contributed by atoms with Gasteiger partial charge >= 0.3 is 0 Å². The maximum atomic E-state index is 5.62. The second-order valence-electron chi connectivity index (χ2n) is 33.5. The van der Waals surface area contributed by atoms with Crippen molar-refractivity contribution in [3.8, 4) is 99.0 Å². The van der Waals surface area contributed by atoms with Gasteiger partial charge in [0.25, 0.3) is 0 Å². The lowest BCUT2D eigenvalue weighted by Crippen LogP contribution is -2.18. The van der Waals surface area contributed by atoms with Crippen molar-refractivity contribution in [2.75, 3.05) is 9.80 Å². The van der Waals surface area contributed by atoms with Gasteiger partial charge in [-0.25, -0.2) is 9.97 Å². The molecule has 0 aliphatic heterocycles. The molecule has 2 aromatic heterocycles. The summed E-state index contributed by atoms with van der Waals surface area (Å²) >= 11 is 3.58. The highest BCUT2D eigenvalue weighted by Gasteiger charge is 2.40. The van der Waals surface area contributed by atoms with Crippen LogP contribution in [0.3, 0.4) is 0 Å². The number of aromatic nitrogens is 2. The number of thiazole rings is 2. The smallest absolute Gasteiger partial charge is 0.124 e. The summed E-state index contributed by atoms with van der Waals surface area (Å²) in [7, 11) is 0. The second kappa shape index (κ2) is 26.2. The Morgan fingerprint density at radius 1 is 0.197 bits per heavy atom. The Morgan fingerprint density at radius 3 is 0.991 bits per heavy atom. The Bertz CT molecular complexity index is 7510. The van der Waals surface area contributed by atoms with Crippen molar-refractivity contribution in [2.24, 2.45) is 0 Å². The summed E-state index contributed by atoms with van der Waals surface area (Å²) in [6, 6.07) is 136. The topological polar surface area (TPSA) is 32.3 Å². The van der Waals surface area contributed by atoms with Crippen molar-refractivity contribution < 1.29 is 0 Å². The molecule has 3 aliphatic carbocycles. The van der Waals surface area contributed by atoms with E-state index < -0.39 is 0 Å². The van der Waals surface area contributed by atoms with Crippen molar-refractivity contribution in [3.05, 3.63) is 397 Å². The highest BCUT2D eigenvalue weighted by atomic mass is 32.1. The first kappa shape index (κ1) is 68.9. The lowest BCUT2D eigenvalue weighted by Gasteiger charge is -2.30. The molecule has 0 radical (unpaired) electrons. The van der Waals surface area contributed by atoms with Crippen molar-refractivity contribution in [1.82, 2.24) is 9.97 Å². The summed E-state index contributed by atoms with van der Waals surface area (Å²) in [6.45, 7) is 14.3. The van der Waals surface area contributed by atoms with Crippen LogP contribution in [0, 0.1) is 0 Å². The quantitative estimate of drug-likeness (QED) is 0.114. The zero-order chi connectivity index (χ0) is 78.2. The molecule has 6 heteroatoms. The van der Waals surface area contributed by atoms with Gasteiger partial charge in [-0.15, -0.1) is 22.7 Å². The van der Waals surface area contributed by atoms with Gasteiger partial charge in [0.2, 0.25) is 0 Å². The van der Waals surface area contributed by atoms with Gasteiger partial charge in [0.1, 0.15) is 10.0 Å². The molecule has 0 amide bonds. The zero-order valence-corrected chi connectivity index (χ0v) is 67.4. The van der Waals surface area contributed by atoms with Gasteiger partial charge in [-0.1, -0.05) is 308 Å². The fraction of sp³-hybridized carbons (Fsp3) is 0.0811. The first-order chi connectivity index (χ1) is 57.2. The Morgan fingerprint density at radius 2 is 0.513 bits per heavy atom. The van der Waals surface area contributed by atoms with Gasteiger partial charge in [0, 0.05) is 83.0 Å². The molecule has 0 atom stereocenters. The van der Waals surface area contributed by atoms with Crippen molar-refractivity contribution in [1.29, 1.82) is 0 Å². The van der Waals surface area contributed by atoms with Crippen molar-refractivity contribution in [3.63, 3.8) is 0 Å². The summed E-state index contributed by atoms with van der Waals surface area (Å²) in [6.07, 6.45) is 0. The number of fused-ring (bicyclic) bond motifs is 21. The van der Waals surface area contributed by atoms with E-state index in [1.165, 1.54) is 136 Å². The molecule has 0 saturated carbocycles. The first-order valence-corrected chi connectivity index (χ1v) is 42.3. The number of anilines is 6. The number of benzene rings is 18. The lowest BCUT2D eigenvalue weighted by molar-refractivity contribution is 0.660. The largest absolute Gasteiger partial charge is 0.310 e. The fourth-order valence-electron chi connectivity index (χ4n) is 19.8. The van der Waals surface area contributed by atoms with E-state index in [4.69, 9.17) is 9.97 Å². The number of rotatable bonds is 12. The molecular formula is C111H78N4S2. The van der Waals surface area contributed by atoms with Crippen molar-refractivity contribution in [2.45, 2.75) is 57.8 Å². The summed E-state index contributed by atoms with van der Waals surface area (Å²) < 4.78 is 2.43. The van der Waals surface area contributed by atoms with Gasteiger partial charge in [0.15, 0.2) is 0 Å². The highest BCUT2D eigenvalue weighted by molar-refractivity contribution is 7.23. The van der Waals surface area contributed by atoms with E-state index in [9.17, 15) is 0 Å². The summed E-state index contributed by atoms with van der Waals surface area (Å²) in [4.78, 5) is 15.8. The van der Waals surface area contributed by atoms with Crippen LogP contribution in [0.2, 0.25) is 0 Å². The van der Waals surface area contributed by atoms with Gasteiger partial charge in [-0.05, 0) is 230 Å². The predicted octanol–water partition coefficient (Wildman–Crippen LogP) is 31.4. The lowest BCUT2D eigenvalue weighted by atomic mass is 9.81. The van der Waals surface area contributed by atoms with E-state index >= 15 is 0 Å². The first-order valence-electron chi connectivity index (χ1n) is 40.6. The van der Waals surface area contributed by atoms with E-state index in [0.717, 1.165) is 93.9 Å². The zero-order valence-electron chi connectivity index (χ0n) is 65.7. The minimum atomic E-state index is -0.279. The molecule has 23 rings (SSSR count). The van der Waals surface area contributed by atoms with E-state index in [0.29, 0.717) is 0 Å². The molecule has 0 N–H and O–H groups in total. The Kier molecular flexibility index (Phi) is 15.4. The molecule has 0 bridgehead atoms. The van der Waals surface area contributed by atoms with Crippen LogP contribution in [0.1, 0.15) is 74.9 Å². The monoisotopic (exact) mass is 1530 g/mol. The number of hydrogen-bond acceptors (Lipinski definition) is 6. The van der Waals surface area contributed by atoms with E-state index in [-0.39, 0.29) is 16.2 Å². The molecule has 4 nitrogen and oxygen atoms in total. The molecule has 0 fully saturated rings. The molecular weight excluding hydrogens is 1450 g/mol. The van der Waals surface area contributed by atoms with Gasteiger partial charge in [-0.2, -0.15) is 0 Å². The minimum Gasteiger partial charge on any atom is -0.310 e. The number of nitrogens with zero attached hydrogens (tertiary/aromatic N) is 4. The summed E-state index contributed by atoms with van der Waals surface area (Å²) in [5.74, 6) is 0. The third-order valence-corrected chi connectivity index (χ3v) is 28.2. The molecule has 0 spiro atoms. The third kappa shape index (κ3) is 10.8. The van der Waals surface area contributed by atoms with Crippen LogP contribution < -0.4 is 9.80 Å². The molecule has 0 saturated heterocycles. The van der Waals surface area contributed by atoms with Crippen LogP contribution in [0.25, 0.3) is 163 Å². The van der Waals surface area contributed by atoms with E-state index in [1.54, 1.807) is 22.7 Å². The Labute approximate surface area is 689 Å². The molecule has 18 aromatic carbocycles. The van der Waals surface area contributed by atoms with Crippen LogP contribution in [-0.2, 0) is 16.2 Å². The van der Waals surface area contributed by atoms with E-state index in [1.807, 2.05) is 0 Å². The molecule has 3 aliphatic rings. The maximum Gasteiger partial charge on any atom is 0.124 e. The van der Waals surface area contributed by atoms with Crippen LogP contribution >= 0.6 is 22.7 Å². The highest BCUT2D eigenvalue weighted by Crippen LogP contribution is 2.56. The van der Waals surface area contributed by atoms with Crippen LogP contribution in [0.15, 0.2) is 364 Å². The average Bonchev–Trinajstić information content (AvgIpc) is 1.60. The molecule has 117 heavy (non-hydrogen) atoms. The van der Waals surface area contributed by atoms with E-state index in [2.05, 4.69) is 415 Å². The maximum absolute atomic E-state index is 5.62. The van der Waals surface area contributed by atoms with Gasteiger partial charge in [-0.3, -0.25) is 0 Å². The minimum absolute atomic E-state index is 0.136. The third-order valence-electron chi connectivity index (χ3n) is 25.9. The van der Waals surface area contributed by atoms with Crippen LogP contribution in [0.5, 0.6) is 0 Å². The molecule has 2 heterocycles. The summed E-state index contributed by atoms with van der Waals surface area (Å²) in [5, 5.41) is 11.7. The standard InChI is InChI=1S/C111H78N4S2/c1-109(2)97-34-19-17-30-85(97)87-56-51-80(64-100(87)109)114(77-45-36-68(37-46-77)67-22-9-7-10-23-67)78-47-38-69(39-48-78)73-43-55-91-95(62-73)84-29-14-16-33-93(84)106-104(91)113-108(117-106)76-27-21-26-72(60-76)75-44-59-99-96(63-75)89-58-53-82(66-102(89)111(99,5)6)115(81-52-57-88-86-31-18-20-35-98(86)110(3,4)101(88)65-81)79-49-40-70(41-50-79)74-42-54-90-94(61-74)83-28-13-15-32-92(83)105-103(90)112-107(116-105)71-24-11-8-12-25-71/h7-66H,1-6H3. The average molecular weight is 1530 g/mol. The fourth-order valence-corrected chi connectivity index (χ4v) is 22.1. The molecule has 554 valence electrons. The molecule has 20 aromatic rings. The predicted molar refractivity (Wildman–Crippen MR) is 497 cm³/mol. The van der Waals surface area contributed by atoms with Gasteiger partial charge in [0.05, 0.1) is 20.4 Å². The van der Waals surface area contributed by atoms with Crippen LogP contribution in [-0.4, -0.2) is 9.97 Å². The van der Waals surface area contributed by atoms with Crippen LogP contribution in [0.4, 0.5) is 34.1 Å². The second-order valence-corrected chi connectivity index (χ2v) is 35.5. The van der Waals surface area contributed by atoms with Crippen molar-refractivity contribution >= 4 is 120 Å². The normalized spacial score (nSPS) is 13.8. The number of hydrogen-bond donors (Lipinski definition) is 0. The Hall–Kier alpha value is -13.6. The van der Waals surface area contributed by atoms with Gasteiger partial charge < -0.3 is 9.80 Å². The SMILES string of the molecule is CC1(C)c2ccccc2-c2ccc(N(c3ccc(-c4ccccc4)cc3)c3ccc(-c4ccc5c(c4)c4ccccc4c4sc(-c6cccc(-c7ccc8c(c7)-c7ccc(N(c9ccc(-c%10ccc%11c(c%10)c%10ccccc%10c%10sc(-c%12ccccc%12)nc%11%10)cc9)c9ccc%10c(c9)C(C)(C)c9ccccc9-%10)cc7C8(C)C)c6)nc54)cc3)cc21. The molecule has 0 unspecified atom stereocenters.